The van der Waals surface area contributed by atoms with Gasteiger partial charge in [0, 0.05) is 13.1 Å². The molecular weight excluding hydrogens is 150 g/mol. The fraction of sp³-hybridized carbons (Fsp3) is 1.00. The van der Waals surface area contributed by atoms with Crippen LogP contribution in [0, 0.1) is 0 Å². The largest absolute Gasteiger partial charge is 0.329 e. The summed E-state index contributed by atoms with van der Waals surface area (Å²) in [6, 6.07) is 0. The van der Waals surface area contributed by atoms with Gasteiger partial charge in [-0.3, -0.25) is 0 Å². The van der Waals surface area contributed by atoms with Crippen LogP contribution in [-0.4, -0.2) is 44.2 Å². The molecule has 0 atom stereocenters. The Bertz CT molecular complexity index is 81.8. The van der Waals surface area contributed by atoms with Gasteiger partial charge in [0.1, 0.15) is 0 Å². The van der Waals surface area contributed by atoms with E-state index < -0.39 is 0 Å². The van der Waals surface area contributed by atoms with Crippen LogP contribution in [0.15, 0.2) is 0 Å². The molecule has 0 amide bonds. The van der Waals surface area contributed by atoms with Gasteiger partial charge in [0.25, 0.3) is 0 Å². The summed E-state index contributed by atoms with van der Waals surface area (Å²) in [6.45, 7) is 10.7. The Balaban J connectivity index is 3.06. The fourth-order valence-electron chi connectivity index (χ4n) is 1.19. The molecule has 0 aliphatic rings. The second kappa shape index (κ2) is 8.97. The normalized spacial score (nSPS) is 11.0. The lowest BCUT2D eigenvalue weighted by molar-refractivity contribution is 0.298. The molecular formula is C9H23N3. The molecule has 0 aromatic carbocycles. The maximum absolute atomic E-state index is 5.35. The molecule has 0 spiro atoms. The van der Waals surface area contributed by atoms with Crippen LogP contribution in [0.25, 0.3) is 0 Å². The standard InChI is InChI=1S/C9H23N3/c1-3-12(4-2)9-5-7-11-8-6-10/h11H,3-10H2,1-2H3. The molecule has 0 aromatic rings. The van der Waals surface area contributed by atoms with Gasteiger partial charge < -0.3 is 16.0 Å². The van der Waals surface area contributed by atoms with Crippen molar-refractivity contribution in [1.29, 1.82) is 0 Å². The zero-order chi connectivity index (χ0) is 9.23. The maximum Gasteiger partial charge on any atom is 0.00745 e. The predicted octanol–water partition coefficient (Wildman–Crippen LogP) is 0.267. The van der Waals surface area contributed by atoms with E-state index in [4.69, 9.17) is 5.73 Å². The quantitative estimate of drug-likeness (QED) is 0.518. The van der Waals surface area contributed by atoms with Crippen LogP contribution in [0.4, 0.5) is 0 Å². The van der Waals surface area contributed by atoms with E-state index in [2.05, 4.69) is 24.1 Å². The van der Waals surface area contributed by atoms with Crippen molar-refractivity contribution in [2.45, 2.75) is 20.3 Å². The molecule has 3 nitrogen and oxygen atoms in total. The van der Waals surface area contributed by atoms with Crippen molar-refractivity contribution < 1.29 is 0 Å². The highest BCUT2D eigenvalue weighted by atomic mass is 15.1. The van der Waals surface area contributed by atoms with Crippen LogP contribution in [-0.2, 0) is 0 Å². The van der Waals surface area contributed by atoms with Crippen molar-refractivity contribution in [2.24, 2.45) is 5.73 Å². The zero-order valence-electron chi connectivity index (χ0n) is 8.47. The Hall–Kier alpha value is -0.120. The van der Waals surface area contributed by atoms with Gasteiger partial charge in [0.2, 0.25) is 0 Å². The summed E-state index contributed by atoms with van der Waals surface area (Å²) >= 11 is 0. The van der Waals surface area contributed by atoms with Gasteiger partial charge in [-0.15, -0.1) is 0 Å². The molecule has 0 fully saturated rings. The van der Waals surface area contributed by atoms with Crippen LogP contribution in [0.5, 0.6) is 0 Å². The number of hydrogen-bond acceptors (Lipinski definition) is 3. The van der Waals surface area contributed by atoms with Crippen LogP contribution in [0.1, 0.15) is 20.3 Å². The third-order valence-corrected chi connectivity index (χ3v) is 2.04. The van der Waals surface area contributed by atoms with Gasteiger partial charge in [0.05, 0.1) is 0 Å². The second-order valence-electron chi connectivity index (χ2n) is 2.92. The Morgan fingerprint density at radius 1 is 1.17 bits per heavy atom. The summed E-state index contributed by atoms with van der Waals surface area (Å²) in [7, 11) is 0. The number of nitrogens with two attached hydrogens (primary N) is 1. The van der Waals surface area contributed by atoms with Gasteiger partial charge in [0.15, 0.2) is 0 Å². The number of nitrogens with zero attached hydrogens (tertiary/aromatic N) is 1. The first-order valence-corrected chi connectivity index (χ1v) is 4.98. The van der Waals surface area contributed by atoms with Crippen molar-refractivity contribution in [3.63, 3.8) is 0 Å². The first-order chi connectivity index (χ1) is 5.85. The van der Waals surface area contributed by atoms with Crippen molar-refractivity contribution in [2.75, 3.05) is 39.3 Å². The van der Waals surface area contributed by atoms with E-state index in [0.29, 0.717) is 0 Å². The average molecular weight is 173 g/mol. The summed E-state index contributed by atoms with van der Waals surface area (Å²) in [5.41, 5.74) is 5.35. The van der Waals surface area contributed by atoms with Gasteiger partial charge >= 0.3 is 0 Å². The summed E-state index contributed by atoms with van der Waals surface area (Å²) in [5.74, 6) is 0. The molecule has 0 rings (SSSR count). The van der Waals surface area contributed by atoms with E-state index in [9.17, 15) is 0 Å². The highest BCUT2D eigenvalue weighted by molar-refractivity contribution is 4.54. The van der Waals surface area contributed by atoms with Crippen LogP contribution in [0.2, 0.25) is 0 Å². The number of hydrogen-bond donors (Lipinski definition) is 2. The zero-order valence-corrected chi connectivity index (χ0v) is 8.47. The minimum Gasteiger partial charge on any atom is -0.329 e. The third kappa shape index (κ3) is 6.58. The van der Waals surface area contributed by atoms with E-state index >= 15 is 0 Å². The molecule has 0 heterocycles. The molecule has 74 valence electrons. The molecule has 3 heteroatoms. The Morgan fingerprint density at radius 2 is 1.83 bits per heavy atom. The second-order valence-corrected chi connectivity index (χ2v) is 2.92. The summed E-state index contributed by atoms with van der Waals surface area (Å²) in [6.07, 6.45) is 1.22. The van der Waals surface area contributed by atoms with Crippen LogP contribution < -0.4 is 11.1 Å². The first kappa shape index (κ1) is 11.9. The molecule has 3 N–H and O–H groups in total. The van der Waals surface area contributed by atoms with Gasteiger partial charge in [-0.2, -0.15) is 0 Å². The molecule has 0 radical (unpaired) electrons. The SMILES string of the molecule is CCN(CC)CCCNCCN. The van der Waals surface area contributed by atoms with Crippen LogP contribution in [0.3, 0.4) is 0 Å². The third-order valence-electron chi connectivity index (χ3n) is 2.04. The lowest BCUT2D eigenvalue weighted by atomic mass is 10.3. The minimum absolute atomic E-state index is 0.741. The Morgan fingerprint density at radius 3 is 2.33 bits per heavy atom. The predicted molar refractivity (Wildman–Crippen MR) is 54.3 cm³/mol. The summed E-state index contributed by atoms with van der Waals surface area (Å²) < 4.78 is 0. The smallest absolute Gasteiger partial charge is 0.00745 e. The molecule has 12 heavy (non-hydrogen) atoms. The Kier molecular flexibility index (Phi) is 8.88. The molecule has 0 unspecified atom stereocenters. The van der Waals surface area contributed by atoms with Gasteiger partial charge in [-0.1, -0.05) is 13.8 Å². The topological polar surface area (TPSA) is 41.3 Å². The summed E-state index contributed by atoms with van der Waals surface area (Å²) in [4.78, 5) is 2.43. The molecule has 0 saturated heterocycles. The van der Waals surface area contributed by atoms with E-state index in [1.54, 1.807) is 0 Å². The van der Waals surface area contributed by atoms with Crippen molar-refractivity contribution >= 4 is 0 Å². The van der Waals surface area contributed by atoms with Crippen molar-refractivity contribution in [3.05, 3.63) is 0 Å². The lowest BCUT2D eigenvalue weighted by Gasteiger charge is -2.17. The lowest BCUT2D eigenvalue weighted by Crippen LogP contribution is -2.29. The fourth-order valence-corrected chi connectivity index (χ4v) is 1.19. The van der Waals surface area contributed by atoms with E-state index in [0.717, 1.165) is 32.7 Å². The molecule has 0 saturated carbocycles. The van der Waals surface area contributed by atoms with Crippen LogP contribution >= 0.6 is 0 Å². The van der Waals surface area contributed by atoms with Gasteiger partial charge in [-0.05, 0) is 32.6 Å². The first-order valence-electron chi connectivity index (χ1n) is 4.98. The average Bonchev–Trinajstić information content (AvgIpc) is 2.11. The molecule has 0 aliphatic heterocycles. The number of rotatable bonds is 8. The molecule has 0 aliphatic carbocycles. The van der Waals surface area contributed by atoms with E-state index in [1.165, 1.54) is 13.0 Å². The summed E-state index contributed by atoms with van der Waals surface area (Å²) in [5, 5.41) is 3.29. The highest BCUT2D eigenvalue weighted by Gasteiger charge is 1.96. The maximum atomic E-state index is 5.35. The minimum atomic E-state index is 0.741. The molecule has 0 aromatic heterocycles. The Labute approximate surface area is 76.3 Å². The van der Waals surface area contributed by atoms with Crippen molar-refractivity contribution in [1.82, 2.24) is 10.2 Å². The molecule has 0 bridgehead atoms. The number of nitrogens with one attached hydrogen (secondary N) is 1. The van der Waals surface area contributed by atoms with E-state index in [-0.39, 0.29) is 0 Å². The van der Waals surface area contributed by atoms with Gasteiger partial charge in [-0.25, -0.2) is 0 Å². The highest BCUT2D eigenvalue weighted by Crippen LogP contribution is 1.88. The monoisotopic (exact) mass is 173 g/mol. The van der Waals surface area contributed by atoms with Crippen molar-refractivity contribution in [3.8, 4) is 0 Å². The van der Waals surface area contributed by atoms with E-state index in [1.807, 2.05) is 0 Å².